The van der Waals surface area contributed by atoms with E-state index in [0.29, 0.717) is 12.5 Å². The molecule has 0 unspecified atom stereocenters. The zero-order chi connectivity index (χ0) is 13.8. The lowest BCUT2D eigenvalue weighted by Gasteiger charge is -2.24. The van der Waals surface area contributed by atoms with E-state index < -0.39 is 5.97 Å². The summed E-state index contributed by atoms with van der Waals surface area (Å²) in [6, 6.07) is 1.52. The molecule has 0 aliphatic rings. The molecule has 0 aromatic carbocycles. The van der Waals surface area contributed by atoms with E-state index in [0.717, 1.165) is 6.42 Å². The van der Waals surface area contributed by atoms with E-state index in [1.165, 1.54) is 12.3 Å². The highest BCUT2D eigenvalue weighted by Crippen LogP contribution is 2.22. The Morgan fingerprint density at radius 2 is 2.11 bits per heavy atom. The van der Waals surface area contributed by atoms with Gasteiger partial charge in [-0.1, -0.05) is 6.92 Å². The molecule has 1 rings (SSSR count). The number of ether oxygens (including phenoxy) is 2. The maximum absolute atomic E-state index is 11.7. The van der Waals surface area contributed by atoms with Crippen molar-refractivity contribution in [3.05, 3.63) is 17.8 Å². The topological polar surface area (TPSA) is 74.4 Å². The van der Waals surface area contributed by atoms with Gasteiger partial charge in [0.2, 0.25) is 5.88 Å². The third kappa shape index (κ3) is 3.61. The minimum Gasteiger partial charge on any atom is -0.472 e. The van der Waals surface area contributed by atoms with Crippen LogP contribution >= 0.6 is 0 Å². The van der Waals surface area contributed by atoms with E-state index in [9.17, 15) is 4.79 Å². The predicted molar refractivity (Wildman–Crippen MR) is 69.6 cm³/mol. The van der Waals surface area contributed by atoms with Gasteiger partial charge in [0.05, 0.1) is 24.1 Å². The van der Waals surface area contributed by atoms with Gasteiger partial charge in [0.25, 0.3) is 0 Å². The summed E-state index contributed by atoms with van der Waals surface area (Å²) in [6.07, 6.45) is 2.24. The minimum absolute atomic E-state index is 0.286. The van der Waals surface area contributed by atoms with E-state index in [1.54, 1.807) is 6.92 Å². The first-order chi connectivity index (χ1) is 8.39. The van der Waals surface area contributed by atoms with Crippen molar-refractivity contribution in [3.63, 3.8) is 0 Å². The highest BCUT2D eigenvalue weighted by atomic mass is 16.5. The van der Waals surface area contributed by atoms with Crippen molar-refractivity contribution in [2.75, 3.05) is 12.3 Å². The van der Waals surface area contributed by atoms with Crippen LogP contribution in [0.3, 0.4) is 0 Å². The number of nitrogen functional groups attached to an aromatic ring is 1. The summed E-state index contributed by atoms with van der Waals surface area (Å²) in [5, 5.41) is 0. The molecule has 0 fully saturated rings. The average Bonchev–Trinajstić information content (AvgIpc) is 2.31. The summed E-state index contributed by atoms with van der Waals surface area (Å²) in [6.45, 7) is 7.97. The third-order valence-corrected chi connectivity index (χ3v) is 2.64. The molecule has 1 aromatic heterocycles. The van der Waals surface area contributed by atoms with Gasteiger partial charge in [-0.15, -0.1) is 0 Å². The lowest BCUT2D eigenvalue weighted by atomic mass is 10.1. The molecule has 0 atom stereocenters. The number of esters is 1. The van der Waals surface area contributed by atoms with E-state index in [4.69, 9.17) is 15.2 Å². The largest absolute Gasteiger partial charge is 0.472 e. The molecule has 0 saturated carbocycles. The molecule has 0 aliphatic carbocycles. The Morgan fingerprint density at radius 3 is 2.67 bits per heavy atom. The Bertz CT molecular complexity index is 430. The molecule has 18 heavy (non-hydrogen) atoms. The Hall–Kier alpha value is -1.78. The number of carbonyl (C=O) groups excluding carboxylic acids is 1. The lowest BCUT2D eigenvalue weighted by molar-refractivity contribution is 0.0524. The summed E-state index contributed by atoms with van der Waals surface area (Å²) in [4.78, 5) is 15.7. The molecule has 1 aromatic rings. The number of nitrogens with two attached hydrogens (primary N) is 1. The van der Waals surface area contributed by atoms with Crippen molar-refractivity contribution < 1.29 is 14.3 Å². The number of hydrogen-bond acceptors (Lipinski definition) is 5. The molecule has 0 radical (unpaired) electrons. The molecule has 1 heterocycles. The standard InChI is InChI=1S/C13H20N2O3/c1-5-13(3,4)18-11-7-9(10(14)8-15-11)12(16)17-6-2/h7-8H,5-6,14H2,1-4H3. The van der Waals surface area contributed by atoms with Crippen molar-refractivity contribution in [1.29, 1.82) is 0 Å². The van der Waals surface area contributed by atoms with Crippen LogP contribution in [0.5, 0.6) is 5.88 Å². The number of rotatable bonds is 5. The Balaban J connectivity index is 2.97. The van der Waals surface area contributed by atoms with Crippen LogP contribution in [-0.4, -0.2) is 23.2 Å². The van der Waals surface area contributed by atoms with E-state index in [2.05, 4.69) is 4.98 Å². The Kier molecular flexibility index (Phi) is 4.53. The molecule has 2 N–H and O–H groups in total. The molecule has 0 spiro atoms. The number of pyridine rings is 1. The van der Waals surface area contributed by atoms with Crippen molar-refractivity contribution >= 4 is 11.7 Å². The monoisotopic (exact) mass is 252 g/mol. The van der Waals surface area contributed by atoms with Gasteiger partial charge >= 0.3 is 5.97 Å². The summed E-state index contributed by atoms with van der Waals surface area (Å²) >= 11 is 0. The van der Waals surface area contributed by atoms with Crippen LogP contribution in [0.1, 0.15) is 44.5 Å². The highest BCUT2D eigenvalue weighted by Gasteiger charge is 2.19. The Labute approximate surface area is 107 Å². The number of hydrogen-bond donors (Lipinski definition) is 1. The van der Waals surface area contributed by atoms with Crippen molar-refractivity contribution in [2.24, 2.45) is 0 Å². The second kappa shape index (κ2) is 5.71. The van der Waals surface area contributed by atoms with Crippen molar-refractivity contribution in [3.8, 4) is 5.88 Å². The molecule has 0 saturated heterocycles. The summed E-state index contributed by atoms with van der Waals surface area (Å²) in [5.41, 5.74) is 5.93. The van der Waals surface area contributed by atoms with Gasteiger partial charge < -0.3 is 15.2 Å². The van der Waals surface area contributed by atoms with Crippen LogP contribution in [0.2, 0.25) is 0 Å². The highest BCUT2D eigenvalue weighted by molar-refractivity contribution is 5.95. The quantitative estimate of drug-likeness (QED) is 0.814. The number of nitrogens with zero attached hydrogens (tertiary/aromatic N) is 1. The fourth-order valence-corrected chi connectivity index (χ4v) is 1.24. The molecular weight excluding hydrogens is 232 g/mol. The van der Waals surface area contributed by atoms with E-state index in [-0.39, 0.29) is 16.9 Å². The maximum atomic E-state index is 11.7. The SMILES string of the molecule is CCOC(=O)c1cc(OC(C)(C)CC)ncc1N. The van der Waals surface area contributed by atoms with Crippen molar-refractivity contribution in [1.82, 2.24) is 4.98 Å². The van der Waals surface area contributed by atoms with Crippen LogP contribution < -0.4 is 10.5 Å². The number of carbonyl (C=O) groups is 1. The van der Waals surface area contributed by atoms with Gasteiger partial charge in [0.1, 0.15) is 5.60 Å². The van der Waals surface area contributed by atoms with Gasteiger partial charge in [-0.3, -0.25) is 0 Å². The summed E-state index contributed by atoms with van der Waals surface area (Å²) in [7, 11) is 0. The molecule has 0 bridgehead atoms. The number of aromatic nitrogens is 1. The van der Waals surface area contributed by atoms with Crippen LogP contribution in [0.4, 0.5) is 5.69 Å². The fourth-order valence-electron chi connectivity index (χ4n) is 1.24. The summed E-state index contributed by atoms with van der Waals surface area (Å²) < 4.78 is 10.6. The summed E-state index contributed by atoms with van der Waals surface area (Å²) in [5.74, 6) is -0.0874. The predicted octanol–water partition coefficient (Wildman–Crippen LogP) is 2.41. The zero-order valence-corrected chi connectivity index (χ0v) is 11.3. The van der Waals surface area contributed by atoms with Gasteiger partial charge in [0.15, 0.2) is 0 Å². The fraction of sp³-hybridized carbons (Fsp3) is 0.538. The lowest BCUT2D eigenvalue weighted by Crippen LogP contribution is -2.27. The minimum atomic E-state index is -0.462. The van der Waals surface area contributed by atoms with Crippen LogP contribution in [0.15, 0.2) is 12.3 Å². The van der Waals surface area contributed by atoms with Crippen LogP contribution in [-0.2, 0) is 4.74 Å². The second-order valence-corrected chi connectivity index (χ2v) is 4.55. The van der Waals surface area contributed by atoms with E-state index in [1.807, 2.05) is 20.8 Å². The third-order valence-electron chi connectivity index (χ3n) is 2.64. The second-order valence-electron chi connectivity index (χ2n) is 4.55. The first-order valence-corrected chi connectivity index (χ1v) is 6.01. The first kappa shape index (κ1) is 14.3. The van der Waals surface area contributed by atoms with E-state index >= 15 is 0 Å². The van der Waals surface area contributed by atoms with Gasteiger partial charge in [-0.2, -0.15) is 0 Å². The molecule has 0 aliphatic heterocycles. The zero-order valence-electron chi connectivity index (χ0n) is 11.3. The van der Waals surface area contributed by atoms with Crippen LogP contribution in [0.25, 0.3) is 0 Å². The van der Waals surface area contributed by atoms with Gasteiger partial charge in [0, 0.05) is 6.07 Å². The van der Waals surface area contributed by atoms with Crippen molar-refractivity contribution in [2.45, 2.75) is 39.7 Å². The maximum Gasteiger partial charge on any atom is 0.340 e. The van der Waals surface area contributed by atoms with Gasteiger partial charge in [-0.25, -0.2) is 9.78 Å². The van der Waals surface area contributed by atoms with Gasteiger partial charge in [-0.05, 0) is 27.2 Å². The van der Waals surface area contributed by atoms with Crippen LogP contribution in [0, 0.1) is 0 Å². The molecular formula is C13H20N2O3. The molecule has 0 amide bonds. The molecule has 5 heteroatoms. The smallest absolute Gasteiger partial charge is 0.340 e. The number of anilines is 1. The molecule has 100 valence electrons. The first-order valence-electron chi connectivity index (χ1n) is 6.01. The Morgan fingerprint density at radius 1 is 1.44 bits per heavy atom. The normalized spacial score (nSPS) is 11.1. The average molecular weight is 252 g/mol. The molecule has 5 nitrogen and oxygen atoms in total.